The van der Waals surface area contributed by atoms with E-state index in [1.807, 2.05) is 24.3 Å². The summed E-state index contributed by atoms with van der Waals surface area (Å²) in [5.41, 5.74) is 8.47. The van der Waals surface area contributed by atoms with Gasteiger partial charge in [0.05, 0.1) is 6.10 Å². The van der Waals surface area contributed by atoms with Gasteiger partial charge in [-0.25, -0.2) is 0 Å². The molecule has 1 heterocycles. The molecule has 1 aromatic heterocycles. The third-order valence-electron chi connectivity index (χ3n) is 4.25. The Morgan fingerprint density at radius 2 is 2.00 bits per heavy atom. The molecule has 112 valence electrons. The molecule has 0 bridgehead atoms. The smallest absolute Gasteiger partial charge is 0.0962 e. The van der Waals surface area contributed by atoms with Crippen LogP contribution in [0.15, 0.2) is 34.8 Å². The van der Waals surface area contributed by atoms with Crippen molar-refractivity contribution in [1.29, 1.82) is 0 Å². The Kier molecular flexibility index (Phi) is 4.79. The molecule has 3 rings (SSSR count). The highest BCUT2D eigenvalue weighted by Gasteiger charge is 2.26. The van der Waals surface area contributed by atoms with E-state index < -0.39 is 6.10 Å². The van der Waals surface area contributed by atoms with Crippen LogP contribution in [-0.2, 0) is 12.8 Å². The van der Waals surface area contributed by atoms with Crippen molar-refractivity contribution in [2.75, 3.05) is 6.54 Å². The van der Waals surface area contributed by atoms with Crippen molar-refractivity contribution in [1.82, 2.24) is 0 Å². The predicted octanol–water partition coefficient (Wildman–Crippen LogP) is 4.17. The number of aryl methyl sites for hydroxylation is 2. The number of hydrogen-bond acceptors (Lipinski definition) is 3. The molecule has 3 N–H and O–H groups in total. The first-order chi connectivity index (χ1) is 10.2. The number of rotatable bonds is 4. The molecule has 2 atom stereocenters. The van der Waals surface area contributed by atoms with Crippen LogP contribution in [0.3, 0.4) is 0 Å². The van der Waals surface area contributed by atoms with Crippen LogP contribution >= 0.6 is 27.3 Å². The van der Waals surface area contributed by atoms with Gasteiger partial charge in [0.15, 0.2) is 0 Å². The molecule has 0 amide bonds. The van der Waals surface area contributed by atoms with Crippen LogP contribution in [0.4, 0.5) is 0 Å². The van der Waals surface area contributed by atoms with Gasteiger partial charge in [-0.15, -0.1) is 11.3 Å². The van der Waals surface area contributed by atoms with E-state index in [9.17, 15) is 5.11 Å². The largest absolute Gasteiger partial charge is 0.387 e. The van der Waals surface area contributed by atoms with Gasteiger partial charge in [0.2, 0.25) is 0 Å². The Bertz CT molecular complexity index is 602. The third-order valence-corrected chi connectivity index (χ3v) is 6.28. The van der Waals surface area contributed by atoms with Crippen LogP contribution in [0.5, 0.6) is 0 Å². The molecule has 21 heavy (non-hydrogen) atoms. The van der Waals surface area contributed by atoms with E-state index in [0.717, 1.165) is 27.8 Å². The lowest BCUT2D eigenvalue weighted by molar-refractivity contribution is 0.151. The van der Waals surface area contributed by atoms with Gasteiger partial charge in [-0.3, -0.25) is 0 Å². The van der Waals surface area contributed by atoms with Crippen molar-refractivity contribution in [3.63, 3.8) is 0 Å². The number of hydrogen-bond donors (Lipinski definition) is 2. The van der Waals surface area contributed by atoms with E-state index in [1.54, 1.807) is 11.3 Å². The summed E-state index contributed by atoms with van der Waals surface area (Å²) in [7, 11) is 0. The fraction of sp³-hybridized carbons (Fsp3) is 0.412. The summed E-state index contributed by atoms with van der Waals surface area (Å²) in [6, 6.07) is 10.2. The summed E-state index contributed by atoms with van der Waals surface area (Å²) in [4.78, 5) is 2.52. The summed E-state index contributed by atoms with van der Waals surface area (Å²) >= 11 is 5.34. The van der Waals surface area contributed by atoms with Crippen molar-refractivity contribution >= 4 is 27.3 Å². The van der Waals surface area contributed by atoms with Crippen LogP contribution in [0, 0.1) is 0 Å². The minimum Gasteiger partial charge on any atom is -0.387 e. The number of thiophene rings is 1. The van der Waals surface area contributed by atoms with Gasteiger partial charge < -0.3 is 10.8 Å². The number of aliphatic hydroxyl groups is 1. The van der Waals surface area contributed by atoms with Crippen molar-refractivity contribution in [3.8, 4) is 0 Å². The number of aliphatic hydroxyl groups excluding tert-OH is 1. The van der Waals surface area contributed by atoms with Crippen LogP contribution in [0.25, 0.3) is 0 Å². The molecule has 0 saturated carbocycles. The van der Waals surface area contributed by atoms with Crippen LogP contribution in [-0.4, -0.2) is 11.7 Å². The molecule has 0 radical (unpaired) electrons. The summed E-state index contributed by atoms with van der Waals surface area (Å²) in [5.74, 6) is -0.0688. The first-order valence-corrected chi connectivity index (χ1v) is 9.05. The number of nitrogens with two attached hydrogens (primary N) is 1. The van der Waals surface area contributed by atoms with Gasteiger partial charge in [0.25, 0.3) is 0 Å². The maximum Gasteiger partial charge on any atom is 0.0962 e. The topological polar surface area (TPSA) is 46.2 Å². The summed E-state index contributed by atoms with van der Waals surface area (Å²) < 4.78 is 1.01. The second kappa shape index (κ2) is 6.61. The number of fused-ring (bicyclic) bond motifs is 1. The fourth-order valence-corrected chi connectivity index (χ4v) is 4.95. The second-order valence-corrected chi connectivity index (χ2v) is 7.64. The third kappa shape index (κ3) is 3.09. The maximum absolute atomic E-state index is 10.8. The minimum absolute atomic E-state index is 0.0688. The minimum atomic E-state index is -0.524. The summed E-state index contributed by atoms with van der Waals surface area (Å²) in [5, 5.41) is 10.8. The highest BCUT2D eigenvalue weighted by atomic mass is 79.9. The highest BCUT2D eigenvalue weighted by Crippen LogP contribution is 2.39. The van der Waals surface area contributed by atoms with Gasteiger partial charge in [-0.2, -0.15) is 0 Å². The van der Waals surface area contributed by atoms with Crippen molar-refractivity contribution < 1.29 is 5.11 Å². The Balaban J connectivity index is 1.90. The lowest BCUT2D eigenvalue weighted by Crippen LogP contribution is -2.20. The molecular formula is C17H20BrNOS. The highest BCUT2D eigenvalue weighted by molar-refractivity contribution is 9.10. The van der Waals surface area contributed by atoms with Crippen molar-refractivity contribution in [2.45, 2.75) is 37.7 Å². The molecule has 1 aliphatic rings. The SMILES string of the molecule is NCC(c1ccccc1Br)C(O)c1cc2c(s1)CCCC2. The first-order valence-electron chi connectivity index (χ1n) is 7.44. The first kappa shape index (κ1) is 15.2. The molecular weight excluding hydrogens is 346 g/mol. The Morgan fingerprint density at radius 3 is 2.71 bits per heavy atom. The lowest BCUT2D eigenvalue weighted by Gasteiger charge is -2.22. The monoisotopic (exact) mass is 365 g/mol. The summed E-state index contributed by atoms with van der Waals surface area (Å²) in [6.07, 6.45) is 4.33. The van der Waals surface area contributed by atoms with Crippen LogP contribution < -0.4 is 5.73 Å². The zero-order valence-electron chi connectivity index (χ0n) is 11.9. The Morgan fingerprint density at radius 1 is 1.24 bits per heavy atom. The standard InChI is InChI=1S/C17H20BrNOS/c18-14-7-3-2-6-12(14)13(10-19)17(20)16-9-11-5-1-4-8-15(11)21-16/h2-3,6-7,9,13,17,20H,1,4-5,8,10,19H2. The zero-order chi connectivity index (χ0) is 14.8. The van der Waals surface area contributed by atoms with Gasteiger partial charge in [-0.05, 0) is 48.9 Å². The van der Waals surface area contributed by atoms with Gasteiger partial charge in [0, 0.05) is 26.7 Å². The molecule has 2 unspecified atom stereocenters. The quantitative estimate of drug-likeness (QED) is 0.853. The van der Waals surface area contributed by atoms with E-state index in [-0.39, 0.29) is 5.92 Å². The average molecular weight is 366 g/mol. The van der Waals surface area contributed by atoms with E-state index in [2.05, 4.69) is 22.0 Å². The molecule has 2 nitrogen and oxygen atoms in total. The number of halogens is 1. The van der Waals surface area contributed by atoms with Crippen LogP contribution in [0.1, 0.15) is 45.7 Å². The summed E-state index contributed by atoms with van der Waals surface area (Å²) in [6.45, 7) is 0.437. The van der Waals surface area contributed by atoms with E-state index in [4.69, 9.17) is 5.73 Å². The lowest BCUT2D eigenvalue weighted by atomic mass is 9.91. The molecule has 4 heteroatoms. The molecule has 0 spiro atoms. The van der Waals surface area contributed by atoms with Crippen molar-refractivity contribution in [2.24, 2.45) is 5.73 Å². The molecule has 0 saturated heterocycles. The Hall–Kier alpha value is -0.680. The normalized spacial score (nSPS) is 17.3. The van der Waals surface area contributed by atoms with E-state index in [1.165, 1.54) is 23.3 Å². The molecule has 1 aromatic carbocycles. The fourth-order valence-electron chi connectivity index (χ4n) is 3.06. The second-order valence-electron chi connectivity index (χ2n) is 5.61. The number of benzene rings is 1. The molecule has 2 aromatic rings. The van der Waals surface area contributed by atoms with E-state index >= 15 is 0 Å². The average Bonchev–Trinajstić information content (AvgIpc) is 2.93. The van der Waals surface area contributed by atoms with Gasteiger partial charge in [-0.1, -0.05) is 34.1 Å². The molecule has 0 fully saturated rings. The Labute approximate surface area is 138 Å². The van der Waals surface area contributed by atoms with Gasteiger partial charge >= 0.3 is 0 Å². The maximum atomic E-state index is 10.8. The predicted molar refractivity (Wildman–Crippen MR) is 91.9 cm³/mol. The molecule has 1 aliphatic carbocycles. The zero-order valence-corrected chi connectivity index (χ0v) is 14.3. The van der Waals surface area contributed by atoms with Crippen LogP contribution in [0.2, 0.25) is 0 Å². The molecule has 0 aliphatic heterocycles. The van der Waals surface area contributed by atoms with Gasteiger partial charge in [0.1, 0.15) is 0 Å². The van der Waals surface area contributed by atoms with E-state index in [0.29, 0.717) is 6.54 Å². The van der Waals surface area contributed by atoms with Crippen molar-refractivity contribution in [3.05, 3.63) is 55.7 Å².